The van der Waals surface area contributed by atoms with Crippen molar-refractivity contribution >= 4 is 39.2 Å². The van der Waals surface area contributed by atoms with Crippen molar-refractivity contribution in [2.45, 2.75) is 38.3 Å². The summed E-state index contributed by atoms with van der Waals surface area (Å²) in [6, 6.07) is 9.81. The fourth-order valence-corrected chi connectivity index (χ4v) is 4.40. The molecule has 26 heavy (non-hydrogen) atoms. The van der Waals surface area contributed by atoms with Gasteiger partial charge in [0.15, 0.2) is 0 Å². The van der Waals surface area contributed by atoms with Crippen LogP contribution in [0.3, 0.4) is 0 Å². The average Bonchev–Trinajstić information content (AvgIpc) is 2.92. The number of rotatable bonds is 6. The third-order valence-electron chi connectivity index (χ3n) is 4.24. The van der Waals surface area contributed by atoms with Crippen LogP contribution in [0, 0.1) is 13.8 Å². The number of fused-ring (bicyclic) bond motifs is 1. The first-order valence-electron chi connectivity index (χ1n) is 8.38. The number of thioether (sulfide) groups is 1. The van der Waals surface area contributed by atoms with Gasteiger partial charge in [-0.15, -0.1) is 23.1 Å². The Hall–Kier alpha value is -2.12. The minimum absolute atomic E-state index is 0.0231. The smallest absolute Gasteiger partial charge is 0.259 e. The summed E-state index contributed by atoms with van der Waals surface area (Å²) in [5.41, 5.74) is 1.96. The molecule has 136 valence electrons. The minimum Gasteiger partial charge on any atom is -0.351 e. The lowest BCUT2D eigenvalue weighted by atomic mass is 10.2. The topological polar surface area (TPSA) is 74.8 Å². The van der Waals surface area contributed by atoms with Gasteiger partial charge in [-0.05, 0) is 31.9 Å². The standard InChI is InChI=1S/C19H21N3O2S2/c1-11-12(2)26-19-16(11)18(24)21-15(22-19)10-25-13(3)17(23)20-9-14-7-5-4-6-8-14/h4-8,13H,9-10H2,1-3H3,(H,20,23)(H,21,22,24). The molecule has 0 fully saturated rings. The number of H-pyrrole nitrogens is 1. The normalized spacial score (nSPS) is 12.3. The summed E-state index contributed by atoms with van der Waals surface area (Å²) in [4.78, 5) is 33.8. The lowest BCUT2D eigenvalue weighted by Crippen LogP contribution is -2.30. The quantitative estimate of drug-likeness (QED) is 0.678. The Balaban J connectivity index is 1.60. The van der Waals surface area contributed by atoms with Crippen molar-refractivity contribution in [3.8, 4) is 0 Å². The molecule has 7 heteroatoms. The lowest BCUT2D eigenvalue weighted by molar-refractivity contribution is -0.120. The zero-order valence-electron chi connectivity index (χ0n) is 15.0. The summed E-state index contributed by atoms with van der Waals surface area (Å²) < 4.78 is 0. The fraction of sp³-hybridized carbons (Fsp3) is 0.316. The average molecular weight is 388 g/mol. The van der Waals surface area contributed by atoms with E-state index in [4.69, 9.17) is 0 Å². The first-order valence-corrected chi connectivity index (χ1v) is 10.2. The van der Waals surface area contributed by atoms with Gasteiger partial charge >= 0.3 is 0 Å². The van der Waals surface area contributed by atoms with E-state index >= 15 is 0 Å². The van der Waals surface area contributed by atoms with E-state index in [-0.39, 0.29) is 16.7 Å². The summed E-state index contributed by atoms with van der Waals surface area (Å²) in [6.45, 7) is 6.31. The second-order valence-corrected chi connectivity index (χ2v) is 8.66. The van der Waals surface area contributed by atoms with Crippen LogP contribution in [0.1, 0.15) is 28.8 Å². The predicted octanol–water partition coefficient (Wildman–Crippen LogP) is 3.54. The van der Waals surface area contributed by atoms with Gasteiger partial charge in [0.25, 0.3) is 5.56 Å². The summed E-state index contributed by atoms with van der Waals surface area (Å²) in [5, 5.41) is 3.38. The molecule has 3 rings (SSSR count). The number of carbonyl (C=O) groups is 1. The highest BCUT2D eigenvalue weighted by Crippen LogP contribution is 2.26. The highest BCUT2D eigenvalue weighted by atomic mass is 32.2. The van der Waals surface area contributed by atoms with Crippen molar-refractivity contribution in [2.75, 3.05) is 0 Å². The predicted molar refractivity (Wildman–Crippen MR) is 109 cm³/mol. The Morgan fingerprint density at radius 3 is 2.77 bits per heavy atom. The minimum atomic E-state index is -0.230. The van der Waals surface area contributed by atoms with Crippen LogP contribution in [-0.4, -0.2) is 21.1 Å². The molecule has 5 nitrogen and oxygen atoms in total. The van der Waals surface area contributed by atoms with Gasteiger partial charge < -0.3 is 10.3 Å². The Kier molecular flexibility index (Phi) is 5.78. The van der Waals surface area contributed by atoms with E-state index in [1.165, 1.54) is 23.1 Å². The largest absolute Gasteiger partial charge is 0.351 e. The van der Waals surface area contributed by atoms with E-state index in [0.717, 1.165) is 20.8 Å². The molecule has 2 N–H and O–H groups in total. The number of thiophene rings is 1. The van der Waals surface area contributed by atoms with Gasteiger partial charge in [-0.1, -0.05) is 30.3 Å². The van der Waals surface area contributed by atoms with Gasteiger partial charge in [-0.25, -0.2) is 4.98 Å². The van der Waals surface area contributed by atoms with Crippen molar-refractivity contribution in [3.05, 3.63) is 62.5 Å². The number of aromatic amines is 1. The van der Waals surface area contributed by atoms with E-state index in [9.17, 15) is 9.59 Å². The van der Waals surface area contributed by atoms with Crippen molar-refractivity contribution < 1.29 is 4.79 Å². The number of hydrogen-bond acceptors (Lipinski definition) is 5. The molecule has 2 heterocycles. The Bertz CT molecular complexity index is 980. The summed E-state index contributed by atoms with van der Waals surface area (Å²) in [6.07, 6.45) is 0. The van der Waals surface area contributed by atoms with Gasteiger partial charge in [0, 0.05) is 11.4 Å². The van der Waals surface area contributed by atoms with Gasteiger partial charge in [-0.2, -0.15) is 0 Å². The van der Waals surface area contributed by atoms with Crippen LogP contribution < -0.4 is 10.9 Å². The molecular formula is C19H21N3O2S2. The highest BCUT2D eigenvalue weighted by molar-refractivity contribution is 7.99. The van der Waals surface area contributed by atoms with Crippen LogP contribution in [0.5, 0.6) is 0 Å². The van der Waals surface area contributed by atoms with E-state index in [1.54, 1.807) is 0 Å². The summed E-state index contributed by atoms with van der Waals surface area (Å²) >= 11 is 2.99. The van der Waals surface area contributed by atoms with E-state index < -0.39 is 0 Å². The third-order valence-corrected chi connectivity index (χ3v) is 6.49. The van der Waals surface area contributed by atoms with E-state index in [2.05, 4.69) is 15.3 Å². The molecule has 1 atom stereocenters. The maximum Gasteiger partial charge on any atom is 0.259 e. The molecule has 0 saturated heterocycles. The molecule has 1 amide bonds. The molecule has 0 aliphatic carbocycles. The third kappa shape index (κ3) is 4.16. The molecule has 0 bridgehead atoms. The number of carbonyl (C=O) groups excluding carboxylic acids is 1. The molecule has 0 aliphatic rings. The van der Waals surface area contributed by atoms with E-state index in [1.807, 2.05) is 51.1 Å². The summed E-state index contributed by atoms with van der Waals surface area (Å²) in [7, 11) is 0. The Morgan fingerprint density at radius 1 is 1.31 bits per heavy atom. The zero-order valence-corrected chi connectivity index (χ0v) is 16.6. The van der Waals surface area contributed by atoms with Crippen molar-refractivity contribution in [2.24, 2.45) is 0 Å². The van der Waals surface area contributed by atoms with Crippen molar-refractivity contribution in [1.82, 2.24) is 15.3 Å². The molecule has 2 aromatic heterocycles. The number of benzene rings is 1. The second kappa shape index (κ2) is 8.05. The van der Waals surface area contributed by atoms with Gasteiger partial charge in [-0.3, -0.25) is 9.59 Å². The number of aryl methyl sites for hydroxylation is 2. The number of nitrogens with zero attached hydrogens (tertiary/aromatic N) is 1. The second-order valence-electron chi connectivity index (χ2n) is 6.13. The molecule has 1 aromatic carbocycles. The first kappa shape index (κ1) is 18.7. The fourth-order valence-electron chi connectivity index (χ4n) is 2.58. The van der Waals surface area contributed by atoms with Crippen LogP contribution in [0.4, 0.5) is 0 Å². The first-order chi connectivity index (χ1) is 12.5. The number of aromatic nitrogens is 2. The Morgan fingerprint density at radius 2 is 2.04 bits per heavy atom. The monoisotopic (exact) mass is 387 g/mol. The molecule has 0 radical (unpaired) electrons. The van der Waals surface area contributed by atoms with Gasteiger partial charge in [0.1, 0.15) is 10.7 Å². The molecule has 1 unspecified atom stereocenters. The molecule has 3 aromatic rings. The molecule has 0 saturated carbocycles. The number of amides is 1. The van der Waals surface area contributed by atoms with Gasteiger partial charge in [0.2, 0.25) is 5.91 Å². The highest BCUT2D eigenvalue weighted by Gasteiger charge is 2.16. The SMILES string of the molecule is Cc1sc2nc(CSC(C)C(=O)NCc3ccccc3)[nH]c(=O)c2c1C. The van der Waals surface area contributed by atoms with Crippen LogP contribution in [0.25, 0.3) is 10.2 Å². The lowest BCUT2D eigenvalue weighted by Gasteiger charge is -2.11. The maximum absolute atomic E-state index is 12.3. The molecule has 0 aliphatic heterocycles. The molecular weight excluding hydrogens is 366 g/mol. The number of nitrogens with one attached hydrogen (secondary N) is 2. The van der Waals surface area contributed by atoms with Crippen LogP contribution >= 0.6 is 23.1 Å². The van der Waals surface area contributed by atoms with Crippen molar-refractivity contribution in [1.29, 1.82) is 0 Å². The molecule has 0 spiro atoms. The number of hydrogen-bond donors (Lipinski definition) is 2. The maximum atomic E-state index is 12.3. The summed E-state index contributed by atoms with van der Waals surface area (Å²) in [5.74, 6) is 1.07. The Labute approximate surface area is 160 Å². The zero-order chi connectivity index (χ0) is 18.7. The van der Waals surface area contributed by atoms with Crippen LogP contribution in [0.2, 0.25) is 0 Å². The van der Waals surface area contributed by atoms with Crippen LogP contribution in [-0.2, 0) is 17.1 Å². The van der Waals surface area contributed by atoms with Crippen LogP contribution in [0.15, 0.2) is 35.1 Å². The van der Waals surface area contributed by atoms with Gasteiger partial charge in [0.05, 0.1) is 16.4 Å². The van der Waals surface area contributed by atoms with Crippen molar-refractivity contribution in [3.63, 3.8) is 0 Å². The van der Waals surface area contributed by atoms with E-state index in [0.29, 0.717) is 23.5 Å².